The van der Waals surface area contributed by atoms with Crippen LogP contribution >= 0.6 is 0 Å². The highest BCUT2D eigenvalue weighted by Crippen LogP contribution is 2.27. The van der Waals surface area contributed by atoms with Gasteiger partial charge in [0.1, 0.15) is 5.82 Å². The van der Waals surface area contributed by atoms with Crippen LogP contribution in [0, 0.1) is 23.1 Å². The predicted octanol–water partition coefficient (Wildman–Crippen LogP) is 2.36. The van der Waals surface area contributed by atoms with Crippen molar-refractivity contribution in [2.24, 2.45) is 5.92 Å². The quantitative estimate of drug-likeness (QED) is 0.497. The maximum Gasteiger partial charge on any atom is 0.419 e. The number of aromatic nitrogens is 1. The number of rotatable bonds is 8. The molecule has 0 aliphatic carbocycles. The molecule has 2 saturated heterocycles. The first-order valence-electron chi connectivity index (χ1n) is 12.6. The SMILES string of the molecule is CN1CC(Cn2c(=O)oc3ccc(-c4ccc(C[C@@H](C#N)NCC5CNCCCO5)c(F)c4)cc32)C1. The Morgan fingerprint density at radius 3 is 2.83 bits per heavy atom. The van der Waals surface area contributed by atoms with Crippen LogP contribution in [0.5, 0.6) is 0 Å². The highest BCUT2D eigenvalue weighted by atomic mass is 19.1. The average molecular weight is 494 g/mol. The van der Waals surface area contributed by atoms with E-state index in [9.17, 15) is 10.1 Å². The molecule has 2 atom stereocenters. The first-order valence-corrected chi connectivity index (χ1v) is 12.6. The van der Waals surface area contributed by atoms with Gasteiger partial charge in [0, 0.05) is 51.7 Å². The summed E-state index contributed by atoms with van der Waals surface area (Å²) in [5, 5.41) is 16.1. The number of hydrogen-bond donors (Lipinski definition) is 2. The Morgan fingerprint density at radius 2 is 2.06 bits per heavy atom. The Kier molecular flexibility index (Phi) is 7.48. The summed E-state index contributed by atoms with van der Waals surface area (Å²) >= 11 is 0. The number of halogens is 1. The number of hydrogen-bond acceptors (Lipinski definition) is 7. The lowest BCUT2D eigenvalue weighted by molar-refractivity contribution is 0.0660. The molecular weight excluding hydrogens is 461 g/mol. The van der Waals surface area contributed by atoms with Crippen molar-refractivity contribution in [3.05, 3.63) is 58.3 Å². The minimum absolute atomic E-state index is 0.00369. The summed E-state index contributed by atoms with van der Waals surface area (Å²) in [4.78, 5) is 14.6. The van der Waals surface area contributed by atoms with Gasteiger partial charge in [0.25, 0.3) is 0 Å². The van der Waals surface area contributed by atoms with Crippen molar-refractivity contribution in [1.29, 1.82) is 5.26 Å². The van der Waals surface area contributed by atoms with Gasteiger partial charge in [-0.05, 0) is 54.9 Å². The molecule has 190 valence electrons. The van der Waals surface area contributed by atoms with Gasteiger partial charge in [-0.3, -0.25) is 9.88 Å². The van der Waals surface area contributed by atoms with E-state index < -0.39 is 6.04 Å². The molecule has 8 nitrogen and oxygen atoms in total. The second kappa shape index (κ2) is 10.9. The van der Waals surface area contributed by atoms with Crippen LogP contribution in [0.25, 0.3) is 22.2 Å². The maximum absolute atomic E-state index is 15.1. The van der Waals surface area contributed by atoms with Crippen LogP contribution in [0.2, 0.25) is 0 Å². The summed E-state index contributed by atoms with van der Waals surface area (Å²) in [7, 11) is 2.06. The Balaban J connectivity index is 1.29. The zero-order chi connectivity index (χ0) is 25.1. The lowest BCUT2D eigenvalue weighted by Gasteiger charge is -2.36. The molecule has 1 unspecified atom stereocenters. The fraction of sp³-hybridized carbons (Fsp3) is 0.481. The fourth-order valence-electron chi connectivity index (χ4n) is 5.07. The standard InChI is InChI=1S/C27H32FN5O3/c1-32-15-18(16-32)17-33-25-11-20(5-6-26(25)36-27(33)34)19-3-4-21(24(28)10-19)9-22(12-29)31-14-23-13-30-7-2-8-35-23/h3-6,10-11,18,22-23,30-31H,2,7-9,13-17H2,1H3/t22-,23?/m0/s1. The molecule has 9 heteroatoms. The summed E-state index contributed by atoms with van der Waals surface area (Å²) < 4.78 is 28.0. The van der Waals surface area contributed by atoms with Crippen LogP contribution < -0.4 is 16.4 Å². The molecule has 0 amide bonds. The third kappa shape index (κ3) is 5.52. The number of likely N-dealkylation sites (tertiary alicyclic amines) is 1. The van der Waals surface area contributed by atoms with Crippen molar-refractivity contribution in [3.63, 3.8) is 0 Å². The Morgan fingerprint density at radius 1 is 1.25 bits per heavy atom. The Bertz CT molecular complexity index is 1300. The van der Waals surface area contributed by atoms with Crippen LogP contribution in [-0.4, -0.2) is 68.0 Å². The smallest absolute Gasteiger partial charge is 0.408 e. The molecular formula is C27H32FN5O3. The van der Waals surface area contributed by atoms with Gasteiger partial charge in [0.2, 0.25) is 0 Å². The third-order valence-corrected chi connectivity index (χ3v) is 7.03. The molecule has 2 aliphatic heterocycles. The number of benzene rings is 2. The van der Waals surface area contributed by atoms with Gasteiger partial charge in [-0.25, -0.2) is 9.18 Å². The van der Waals surface area contributed by atoms with Gasteiger partial charge >= 0.3 is 5.76 Å². The minimum atomic E-state index is -0.514. The monoisotopic (exact) mass is 493 g/mol. The molecule has 1 aromatic heterocycles. The molecule has 5 rings (SSSR count). The van der Waals surface area contributed by atoms with E-state index >= 15 is 4.39 Å². The minimum Gasteiger partial charge on any atom is -0.408 e. The summed E-state index contributed by atoms with van der Waals surface area (Å²) in [5.74, 6) is -0.302. The van der Waals surface area contributed by atoms with E-state index in [0.29, 0.717) is 42.3 Å². The van der Waals surface area contributed by atoms with E-state index in [-0.39, 0.29) is 24.1 Å². The van der Waals surface area contributed by atoms with E-state index in [1.807, 2.05) is 18.2 Å². The lowest BCUT2D eigenvalue weighted by Crippen LogP contribution is -2.46. The highest BCUT2D eigenvalue weighted by Gasteiger charge is 2.25. The molecule has 0 spiro atoms. The zero-order valence-electron chi connectivity index (χ0n) is 20.5. The van der Waals surface area contributed by atoms with Gasteiger partial charge in [-0.2, -0.15) is 5.26 Å². The third-order valence-electron chi connectivity index (χ3n) is 7.03. The fourth-order valence-corrected chi connectivity index (χ4v) is 5.07. The first-order chi connectivity index (χ1) is 17.5. The number of fused-ring (bicyclic) bond motifs is 1. The second-order valence-electron chi connectivity index (χ2n) is 9.90. The van der Waals surface area contributed by atoms with Gasteiger partial charge in [0.05, 0.1) is 23.7 Å². The molecule has 2 aliphatic rings. The van der Waals surface area contributed by atoms with Crippen LogP contribution in [0.1, 0.15) is 12.0 Å². The van der Waals surface area contributed by atoms with Gasteiger partial charge in [-0.1, -0.05) is 18.2 Å². The van der Waals surface area contributed by atoms with Gasteiger partial charge < -0.3 is 19.4 Å². The van der Waals surface area contributed by atoms with Crippen molar-refractivity contribution in [2.45, 2.75) is 31.5 Å². The number of nitrogens with zero attached hydrogens (tertiary/aromatic N) is 3. The molecule has 2 N–H and O–H groups in total. The summed E-state index contributed by atoms with van der Waals surface area (Å²) in [6, 6.07) is 12.3. The normalized spacial score (nSPS) is 20.1. The number of oxazole rings is 1. The van der Waals surface area contributed by atoms with E-state index in [1.54, 1.807) is 16.7 Å². The number of nitriles is 1. The van der Waals surface area contributed by atoms with E-state index in [2.05, 4.69) is 28.7 Å². The van der Waals surface area contributed by atoms with Crippen LogP contribution in [-0.2, 0) is 17.7 Å². The topological polar surface area (TPSA) is 95.5 Å². The van der Waals surface area contributed by atoms with E-state index in [4.69, 9.17) is 9.15 Å². The maximum atomic E-state index is 15.1. The van der Waals surface area contributed by atoms with Crippen molar-refractivity contribution in [3.8, 4) is 17.2 Å². The van der Waals surface area contributed by atoms with Crippen molar-refractivity contribution in [2.75, 3.05) is 46.4 Å². The average Bonchev–Trinajstić information content (AvgIpc) is 3.00. The molecule has 0 bridgehead atoms. The van der Waals surface area contributed by atoms with Gasteiger partial charge in [0.15, 0.2) is 5.58 Å². The summed E-state index contributed by atoms with van der Waals surface area (Å²) in [5.41, 5.74) is 3.25. The van der Waals surface area contributed by atoms with Crippen molar-refractivity contribution in [1.82, 2.24) is 20.1 Å². The van der Waals surface area contributed by atoms with Crippen molar-refractivity contribution < 1.29 is 13.5 Å². The molecule has 3 heterocycles. The Hall–Kier alpha value is -3.03. The summed E-state index contributed by atoms with van der Waals surface area (Å²) in [6.07, 6.45) is 1.23. The Labute approximate surface area is 209 Å². The van der Waals surface area contributed by atoms with Crippen molar-refractivity contribution >= 4 is 11.1 Å². The highest BCUT2D eigenvalue weighted by molar-refractivity contribution is 5.80. The largest absolute Gasteiger partial charge is 0.419 e. The number of nitrogens with one attached hydrogen (secondary N) is 2. The molecule has 0 saturated carbocycles. The lowest BCUT2D eigenvalue weighted by atomic mass is 9.99. The van der Waals surface area contributed by atoms with Crippen LogP contribution in [0.15, 0.2) is 45.6 Å². The van der Waals surface area contributed by atoms with E-state index in [1.165, 1.54) is 6.07 Å². The molecule has 3 aromatic rings. The predicted molar refractivity (Wildman–Crippen MR) is 135 cm³/mol. The molecule has 2 aromatic carbocycles. The molecule has 0 radical (unpaired) electrons. The van der Waals surface area contributed by atoms with Crippen LogP contribution in [0.4, 0.5) is 4.39 Å². The van der Waals surface area contributed by atoms with Crippen LogP contribution in [0.3, 0.4) is 0 Å². The first kappa shape index (κ1) is 24.7. The van der Waals surface area contributed by atoms with Gasteiger partial charge in [-0.15, -0.1) is 0 Å². The molecule has 36 heavy (non-hydrogen) atoms. The molecule has 2 fully saturated rings. The van der Waals surface area contributed by atoms with E-state index in [0.717, 1.165) is 43.7 Å². The zero-order valence-corrected chi connectivity index (χ0v) is 20.5. The number of ether oxygens (including phenoxy) is 1. The summed E-state index contributed by atoms with van der Waals surface area (Å²) in [6.45, 7) is 5.42. The second-order valence-corrected chi connectivity index (χ2v) is 9.90.